The second-order valence-electron chi connectivity index (χ2n) is 2.53. The lowest BCUT2D eigenvalue weighted by molar-refractivity contribution is 0.745. The minimum Gasteiger partial charge on any atom is -0.328 e. The predicted molar refractivity (Wildman–Crippen MR) is 44.2 cm³/mol. The molecule has 0 saturated carbocycles. The van der Waals surface area contributed by atoms with Crippen LogP contribution < -0.4 is 5.73 Å². The molecule has 1 atom stereocenters. The van der Waals surface area contributed by atoms with E-state index in [9.17, 15) is 0 Å². The van der Waals surface area contributed by atoms with Crippen molar-refractivity contribution >= 4 is 11.3 Å². The maximum atomic E-state index is 5.61. The van der Waals surface area contributed by atoms with Gasteiger partial charge in [-0.2, -0.15) is 0 Å². The van der Waals surface area contributed by atoms with Crippen LogP contribution in [-0.2, 0) is 6.42 Å². The summed E-state index contributed by atoms with van der Waals surface area (Å²) in [7, 11) is 0. The molecule has 0 fully saturated rings. The summed E-state index contributed by atoms with van der Waals surface area (Å²) in [6.07, 6.45) is 2.86. The summed E-state index contributed by atoms with van der Waals surface area (Å²) < 4.78 is 0. The number of rotatable bonds is 2. The Kier molecular flexibility index (Phi) is 2.40. The molecule has 10 heavy (non-hydrogen) atoms. The van der Waals surface area contributed by atoms with Gasteiger partial charge in [-0.05, 0) is 20.3 Å². The van der Waals surface area contributed by atoms with E-state index >= 15 is 0 Å². The topological polar surface area (TPSA) is 38.9 Å². The predicted octanol–water partition coefficient (Wildman–Crippen LogP) is 1.34. The molecule has 0 aliphatic heterocycles. The van der Waals surface area contributed by atoms with Gasteiger partial charge in [0.05, 0.1) is 5.01 Å². The lowest BCUT2D eigenvalue weighted by Crippen LogP contribution is -2.16. The minimum absolute atomic E-state index is 0.250. The first-order valence-electron chi connectivity index (χ1n) is 3.35. The SMILES string of the molecule is Cc1ncc(C[C@@H](C)N)s1. The van der Waals surface area contributed by atoms with Gasteiger partial charge in [0.15, 0.2) is 0 Å². The molecule has 3 heteroatoms. The van der Waals surface area contributed by atoms with E-state index in [1.165, 1.54) is 4.88 Å². The van der Waals surface area contributed by atoms with Crippen LogP contribution in [0.15, 0.2) is 6.20 Å². The van der Waals surface area contributed by atoms with Gasteiger partial charge in [-0.15, -0.1) is 11.3 Å². The number of thiazole rings is 1. The van der Waals surface area contributed by atoms with E-state index in [4.69, 9.17) is 5.73 Å². The van der Waals surface area contributed by atoms with Gasteiger partial charge in [-0.1, -0.05) is 0 Å². The Hall–Kier alpha value is -0.410. The molecular formula is C7H12N2S. The summed E-state index contributed by atoms with van der Waals surface area (Å²) in [5, 5.41) is 1.12. The van der Waals surface area contributed by atoms with Gasteiger partial charge < -0.3 is 5.73 Å². The maximum Gasteiger partial charge on any atom is 0.0896 e. The van der Waals surface area contributed by atoms with Crippen molar-refractivity contribution < 1.29 is 0 Å². The Morgan fingerprint density at radius 1 is 1.80 bits per heavy atom. The molecule has 0 radical (unpaired) electrons. The van der Waals surface area contributed by atoms with Crippen molar-refractivity contribution in [2.24, 2.45) is 5.73 Å². The van der Waals surface area contributed by atoms with Gasteiger partial charge in [0, 0.05) is 17.1 Å². The van der Waals surface area contributed by atoms with Gasteiger partial charge >= 0.3 is 0 Å². The molecule has 0 bridgehead atoms. The Bertz CT molecular complexity index is 205. The first-order valence-corrected chi connectivity index (χ1v) is 4.17. The second-order valence-corrected chi connectivity index (χ2v) is 3.85. The normalized spacial score (nSPS) is 13.5. The molecule has 0 unspecified atom stereocenters. The molecule has 0 aliphatic carbocycles. The number of hydrogen-bond donors (Lipinski definition) is 1. The molecule has 2 nitrogen and oxygen atoms in total. The molecule has 0 aliphatic rings. The van der Waals surface area contributed by atoms with Crippen molar-refractivity contribution in [3.63, 3.8) is 0 Å². The lowest BCUT2D eigenvalue weighted by Gasteiger charge is -1.98. The number of nitrogens with two attached hydrogens (primary N) is 1. The van der Waals surface area contributed by atoms with Crippen LogP contribution in [0.3, 0.4) is 0 Å². The second kappa shape index (κ2) is 3.12. The van der Waals surface area contributed by atoms with Crippen molar-refractivity contribution in [3.05, 3.63) is 16.1 Å². The van der Waals surface area contributed by atoms with Gasteiger partial charge in [0.1, 0.15) is 0 Å². The first-order chi connectivity index (χ1) is 4.68. The van der Waals surface area contributed by atoms with Gasteiger partial charge in [0.25, 0.3) is 0 Å². The Morgan fingerprint density at radius 3 is 2.90 bits per heavy atom. The van der Waals surface area contributed by atoms with Crippen LogP contribution in [0.4, 0.5) is 0 Å². The van der Waals surface area contributed by atoms with Crippen LogP contribution in [0.25, 0.3) is 0 Å². The van der Waals surface area contributed by atoms with E-state index in [1.54, 1.807) is 11.3 Å². The third-order valence-electron chi connectivity index (χ3n) is 1.19. The Balaban J connectivity index is 2.58. The Labute approximate surface area is 65.1 Å². The molecule has 1 heterocycles. The first kappa shape index (κ1) is 7.69. The number of aryl methyl sites for hydroxylation is 1. The van der Waals surface area contributed by atoms with E-state index in [0.717, 1.165) is 11.4 Å². The molecule has 56 valence electrons. The summed E-state index contributed by atoms with van der Waals surface area (Å²) >= 11 is 1.72. The highest BCUT2D eigenvalue weighted by Gasteiger charge is 2.00. The highest BCUT2D eigenvalue weighted by atomic mass is 32.1. The van der Waals surface area contributed by atoms with E-state index in [2.05, 4.69) is 4.98 Å². The van der Waals surface area contributed by atoms with Crippen LogP contribution in [0.2, 0.25) is 0 Å². The smallest absolute Gasteiger partial charge is 0.0896 e. The minimum atomic E-state index is 0.250. The van der Waals surface area contributed by atoms with Crippen LogP contribution in [-0.4, -0.2) is 11.0 Å². The fraction of sp³-hybridized carbons (Fsp3) is 0.571. The van der Waals surface area contributed by atoms with Crippen LogP contribution in [0.1, 0.15) is 16.8 Å². The highest BCUT2D eigenvalue weighted by molar-refractivity contribution is 7.11. The standard InChI is InChI=1S/C7H12N2S/c1-5(8)3-7-4-9-6(2)10-7/h4-5H,3,8H2,1-2H3/t5-/m1/s1. The third kappa shape index (κ3) is 2.08. The average Bonchev–Trinajstić information content (AvgIpc) is 2.13. The van der Waals surface area contributed by atoms with Crippen LogP contribution >= 0.6 is 11.3 Å². The zero-order chi connectivity index (χ0) is 7.56. The van der Waals surface area contributed by atoms with Crippen molar-refractivity contribution in [2.45, 2.75) is 26.3 Å². The molecule has 1 aromatic heterocycles. The highest BCUT2D eigenvalue weighted by Crippen LogP contribution is 2.12. The zero-order valence-electron chi connectivity index (χ0n) is 6.29. The monoisotopic (exact) mass is 156 g/mol. The molecular weight excluding hydrogens is 144 g/mol. The maximum absolute atomic E-state index is 5.61. The third-order valence-corrected chi connectivity index (χ3v) is 2.13. The molecule has 1 rings (SSSR count). The Morgan fingerprint density at radius 2 is 2.50 bits per heavy atom. The van der Waals surface area contributed by atoms with Crippen molar-refractivity contribution in [2.75, 3.05) is 0 Å². The number of hydrogen-bond acceptors (Lipinski definition) is 3. The molecule has 0 saturated heterocycles. The van der Waals surface area contributed by atoms with Gasteiger partial charge in [-0.3, -0.25) is 0 Å². The molecule has 0 amide bonds. The molecule has 1 aromatic rings. The molecule has 0 spiro atoms. The van der Waals surface area contributed by atoms with Crippen molar-refractivity contribution in [1.82, 2.24) is 4.98 Å². The van der Waals surface area contributed by atoms with Gasteiger partial charge in [0.2, 0.25) is 0 Å². The molecule has 0 aromatic carbocycles. The summed E-state index contributed by atoms with van der Waals surface area (Å²) in [5.74, 6) is 0. The average molecular weight is 156 g/mol. The summed E-state index contributed by atoms with van der Waals surface area (Å²) in [5.41, 5.74) is 5.61. The quantitative estimate of drug-likeness (QED) is 0.701. The van der Waals surface area contributed by atoms with E-state index in [-0.39, 0.29) is 6.04 Å². The number of aromatic nitrogens is 1. The van der Waals surface area contributed by atoms with Crippen LogP contribution in [0.5, 0.6) is 0 Å². The summed E-state index contributed by atoms with van der Waals surface area (Å²) in [6.45, 7) is 4.02. The van der Waals surface area contributed by atoms with Crippen molar-refractivity contribution in [1.29, 1.82) is 0 Å². The van der Waals surface area contributed by atoms with E-state index in [0.29, 0.717) is 0 Å². The summed E-state index contributed by atoms with van der Waals surface area (Å²) in [6, 6.07) is 0.250. The van der Waals surface area contributed by atoms with E-state index < -0.39 is 0 Å². The van der Waals surface area contributed by atoms with Gasteiger partial charge in [-0.25, -0.2) is 4.98 Å². The fourth-order valence-corrected chi connectivity index (χ4v) is 1.75. The zero-order valence-corrected chi connectivity index (χ0v) is 7.11. The summed E-state index contributed by atoms with van der Waals surface area (Å²) in [4.78, 5) is 5.42. The number of nitrogens with zero attached hydrogens (tertiary/aromatic N) is 1. The molecule has 2 N–H and O–H groups in total. The van der Waals surface area contributed by atoms with Crippen LogP contribution in [0, 0.1) is 6.92 Å². The lowest BCUT2D eigenvalue weighted by atomic mass is 10.2. The van der Waals surface area contributed by atoms with E-state index in [1.807, 2.05) is 20.0 Å². The fourth-order valence-electron chi connectivity index (χ4n) is 0.817. The largest absolute Gasteiger partial charge is 0.328 e. The van der Waals surface area contributed by atoms with Crippen molar-refractivity contribution in [3.8, 4) is 0 Å².